The van der Waals surface area contributed by atoms with Crippen molar-refractivity contribution in [3.8, 4) is 17.6 Å². The summed E-state index contributed by atoms with van der Waals surface area (Å²) in [5, 5.41) is 12.4. The Morgan fingerprint density at radius 1 is 1.20 bits per heavy atom. The van der Waals surface area contributed by atoms with Gasteiger partial charge in [0.25, 0.3) is 0 Å². The molecule has 0 bridgehead atoms. The molecular weight excluding hydrogens is 335 g/mol. The van der Waals surface area contributed by atoms with Crippen LogP contribution in [0.4, 0.5) is 18.9 Å². The average Bonchev–Trinajstić information content (AvgIpc) is 2.60. The van der Waals surface area contributed by atoms with Gasteiger partial charge < -0.3 is 9.47 Å². The number of benzene rings is 2. The standard InChI is InChI=1S/C17H14F3N3O2/c1-24-16-10-12(6-7-15(16)25-9-8-21)11-22-23-14-5-3-2-4-13(14)17(18,19)20/h2-7,10-11,23H,9H2,1H3/b22-11-. The molecule has 2 aromatic rings. The lowest BCUT2D eigenvalue weighted by Gasteiger charge is -2.11. The molecule has 0 atom stereocenters. The number of nitrogens with one attached hydrogen (secondary N) is 1. The Hall–Kier alpha value is -3.21. The van der Waals surface area contributed by atoms with Crippen LogP contribution in [0, 0.1) is 11.3 Å². The van der Waals surface area contributed by atoms with Gasteiger partial charge in [0.05, 0.1) is 24.6 Å². The van der Waals surface area contributed by atoms with E-state index in [0.717, 1.165) is 6.07 Å². The molecule has 0 aromatic heterocycles. The summed E-state index contributed by atoms with van der Waals surface area (Å²) in [5.41, 5.74) is 2.02. The van der Waals surface area contributed by atoms with Gasteiger partial charge in [0.1, 0.15) is 6.07 Å². The van der Waals surface area contributed by atoms with Crippen LogP contribution in [0.3, 0.4) is 0 Å². The Morgan fingerprint density at radius 3 is 2.64 bits per heavy atom. The second-order valence-electron chi connectivity index (χ2n) is 4.77. The van der Waals surface area contributed by atoms with Crippen LogP contribution in [0.15, 0.2) is 47.6 Å². The van der Waals surface area contributed by atoms with Crippen molar-refractivity contribution < 1.29 is 22.6 Å². The van der Waals surface area contributed by atoms with Gasteiger partial charge in [0.2, 0.25) is 0 Å². The molecule has 0 radical (unpaired) electrons. The van der Waals surface area contributed by atoms with Gasteiger partial charge >= 0.3 is 6.18 Å². The number of halogens is 3. The number of anilines is 1. The van der Waals surface area contributed by atoms with E-state index in [1.807, 2.05) is 6.07 Å². The largest absolute Gasteiger partial charge is 0.493 e. The van der Waals surface area contributed by atoms with Crippen molar-refractivity contribution in [3.63, 3.8) is 0 Å². The van der Waals surface area contributed by atoms with Crippen molar-refractivity contribution in [3.05, 3.63) is 53.6 Å². The molecule has 0 unspecified atom stereocenters. The zero-order chi connectivity index (χ0) is 18.3. The minimum atomic E-state index is -4.47. The lowest BCUT2D eigenvalue weighted by Crippen LogP contribution is -2.08. The number of hydrazone groups is 1. The van der Waals surface area contributed by atoms with E-state index in [1.54, 1.807) is 18.2 Å². The average molecular weight is 349 g/mol. The zero-order valence-corrected chi connectivity index (χ0v) is 13.2. The number of nitriles is 1. The Balaban J connectivity index is 2.14. The first-order valence-electron chi connectivity index (χ1n) is 7.09. The predicted molar refractivity (Wildman–Crippen MR) is 86.8 cm³/mol. The Morgan fingerprint density at radius 2 is 1.96 bits per heavy atom. The molecule has 0 aliphatic carbocycles. The molecule has 130 valence electrons. The van der Waals surface area contributed by atoms with Crippen LogP contribution in [0.5, 0.6) is 11.5 Å². The van der Waals surface area contributed by atoms with Crippen LogP contribution in [0.25, 0.3) is 0 Å². The number of para-hydroxylation sites is 1. The second-order valence-corrected chi connectivity index (χ2v) is 4.77. The summed E-state index contributed by atoms with van der Waals surface area (Å²) in [7, 11) is 1.44. The van der Waals surface area contributed by atoms with Gasteiger partial charge in [-0.05, 0) is 35.9 Å². The van der Waals surface area contributed by atoms with E-state index in [0.29, 0.717) is 17.1 Å². The highest BCUT2D eigenvalue weighted by molar-refractivity contribution is 5.81. The Labute approximate surface area is 142 Å². The van der Waals surface area contributed by atoms with E-state index in [4.69, 9.17) is 14.7 Å². The maximum Gasteiger partial charge on any atom is 0.418 e. The maximum absolute atomic E-state index is 12.9. The summed E-state index contributed by atoms with van der Waals surface area (Å²) in [6, 6.07) is 11.7. The van der Waals surface area contributed by atoms with Gasteiger partial charge in [0.15, 0.2) is 18.1 Å². The topological polar surface area (TPSA) is 66.6 Å². The number of rotatable bonds is 6. The second kappa shape index (κ2) is 8.06. The summed E-state index contributed by atoms with van der Waals surface area (Å²) < 4.78 is 49.0. The molecule has 2 aromatic carbocycles. The van der Waals surface area contributed by atoms with Crippen molar-refractivity contribution in [2.45, 2.75) is 6.18 Å². The molecule has 0 fully saturated rings. The fourth-order valence-electron chi connectivity index (χ4n) is 2.00. The van der Waals surface area contributed by atoms with Gasteiger partial charge in [-0.15, -0.1) is 0 Å². The molecule has 2 rings (SSSR count). The fraction of sp³-hybridized carbons (Fsp3) is 0.176. The van der Waals surface area contributed by atoms with E-state index in [9.17, 15) is 13.2 Å². The highest BCUT2D eigenvalue weighted by atomic mass is 19.4. The van der Waals surface area contributed by atoms with Gasteiger partial charge in [-0.2, -0.15) is 23.5 Å². The summed E-state index contributed by atoms with van der Waals surface area (Å²) in [5.74, 6) is 0.770. The van der Waals surface area contributed by atoms with Crippen LogP contribution in [-0.4, -0.2) is 19.9 Å². The minimum Gasteiger partial charge on any atom is -0.493 e. The number of hydrogen-bond donors (Lipinski definition) is 1. The third-order valence-electron chi connectivity index (χ3n) is 3.11. The zero-order valence-electron chi connectivity index (χ0n) is 13.2. The van der Waals surface area contributed by atoms with E-state index in [-0.39, 0.29) is 12.3 Å². The summed E-state index contributed by atoms with van der Waals surface area (Å²) in [6.45, 7) is -0.125. The van der Waals surface area contributed by atoms with Crippen molar-refractivity contribution in [2.24, 2.45) is 5.10 Å². The van der Waals surface area contributed by atoms with Gasteiger partial charge in [-0.3, -0.25) is 5.43 Å². The third-order valence-corrected chi connectivity index (χ3v) is 3.11. The molecule has 0 heterocycles. The van der Waals surface area contributed by atoms with Gasteiger partial charge in [-0.1, -0.05) is 12.1 Å². The molecule has 0 amide bonds. The highest BCUT2D eigenvalue weighted by Gasteiger charge is 2.33. The van der Waals surface area contributed by atoms with Crippen molar-refractivity contribution >= 4 is 11.9 Å². The summed E-state index contributed by atoms with van der Waals surface area (Å²) in [6.07, 6.45) is -3.12. The van der Waals surface area contributed by atoms with E-state index in [1.165, 1.54) is 31.5 Å². The van der Waals surface area contributed by atoms with Crippen LogP contribution in [0.2, 0.25) is 0 Å². The maximum atomic E-state index is 12.9. The highest BCUT2D eigenvalue weighted by Crippen LogP contribution is 2.34. The van der Waals surface area contributed by atoms with Gasteiger partial charge in [0, 0.05) is 0 Å². The first-order valence-corrected chi connectivity index (χ1v) is 7.09. The summed E-state index contributed by atoms with van der Waals surface area (Å²) in [4.78, 5) is 0. The lowest BCUT2D eigenvalue weighted by molar-refractivity contribution is -0.136. The monoisotopic (exact) mass is 349 g/mol. The number of methoxy groups -OCH3 is 1. The van der Waals surface area contributed by atoms with Crippen LogP contribution in [0.1, 0.15) is 11.1 Å². The quantitative estimate of drug-likeness (QED) is 0.631. The molecule has 0 saturated carbocycles. The fourth-order valence-corrected chi connectivity index (χ4v) is 2.00. The first kappa shape index (κ1) is 18.1. The van der Waals surface area contributed by atoms with E-state index < -0.39 is 11.7 Å². The lowest BCUT2D eigenvalue weighted by atomic mass is 10.2. The van der Waals surface area contributed by atoms with Crippen LogP contribution < -0.4 is 14.9 Å². The van der Waals surface area contributed by atoms with Crippen molar-refractivity contribution in [2.75, 3.05) is 19.1 Å². The van der Waals surface area contributed by atoms with Crippen LogP contribution in [-0.2, 0) is 6.18 Å². The molecule has 8 heteroatoms. The number of ether oxygens (including phenoxy) is 2. The molecule has 0 saturated heterocycles. The number of nitrogens with zero attached hydrogens (tertiary/aromatic N) is 2. The molecule has 5 nitrogen and oxygen atoms in total. The number of alkyl halides is 3. The summed E-state index contributed by atoms with van der Waals surface area (Å²) >= 11 is 0. The normalized spacial score (nSPS) is 11.2. The SMILES string of the molecule is COc1cc(/C=N\Nc2ccccc2C(F)(F)F)ccc1OCC#N. The van der Waals surface area contributed by atoms with Crippen LogP contribution >= 0.6 is 0 Å². The van der Waals surface area contributed by atoms with Gasteiger partial charge in [-0.25, -0.2) is 0 Å². The first-order chi connectivity index (χ1) is 12.0. The molecule has 1 N–H and O–H groups in total. The third kappa shape index (κ3) is 4.88. The molecule has 0 aliphatic rings. The van der Waals surface area contributed by atoms with E-state index >= 15 is 0 Å². The Kier molecular flexibility index (Phi) is 5.84. The predicted octanol–water partition coefficient (Wildman–Crippen LogP) is 4.06. The molecule has 0 aliphatic heterocycles. The molecule has 25 heavy (non-hydrogen) atoms. The van der Waals surface area contributed by atoms with Crippen molar-refractivity contribution in [1.29, 1.82) is 5.26 Å². The molecular formula is C17H14F3N3O2. The Bertz CT molecular complexity index is 798. The number of hydrogen-bond acceptors (Lipinski definition) is 5. The minimum absolute atomic E-state index is 0.125. The van der Waals surface area contributed by atoms with E-state index in [2.05, 4.69) is 10.5 Å². The smallest absolute Gasteiger partial charge is 0.418 e. The molecule has 0 spiro atoms. The van der Waals surface area contributed by atoms with Crippen molar-refractivity contribution in [1.82, 2.24) is 0 Å².